The second kappa shape index (κ2) is 6.45. The molecule has 0 heterocycles. The van der Waals surface area contributed by atoms with E-state index in [4.69, 9.17) is 0 Å². The average molecular weight is 334 g/mol. The largest absolute Gasteiger partial charge is 0.512 e. The average Bonchev–Trinajstić information content (AvgIpc) is 2.33. The lowest BCUT2D eigenvalue weighted by molar-refractivity contribution is -0.141. The topological polar surface area (TPSA) is 71.4 Å². The summed E-state index contributed by atoms with van der Waals surface area (Å²) in [5, 5.41) is 10.5. The molecule has 0 aromatic heterocycles. The summed E-state index contributed by atoms with van der Waals surface area (Å²) >= 11 is 0. The first kappa shape index (κ1) is 18.9. The molecule has 2 aliphatic carbocycles. The Morgan fingerprint density at radius 3 is 1.92 bits per heavy atom. The molecule has 0 aliphatic heterocycles. The Labute approximate surface area is 144 Å². The van der Waals surface area contributed by atoms with Gasteiger partial charge in [0.1, 0.15) is 11.6 Å². The van der Waals surface area contributed by atoms with Crippen molar-refractivity contribution in [3.63, 3.8) is 0 Å². The van der Waals surface area contributed by atoms with E-state index in [0.717, 1.165) is 6.42 Å². The molecule has 134 valence electrons. The Bertz CT molecular complexity index is 575. The summed E-state index contributed by atoms with van der Waals surface area (Å²) in [4.78, 5) is 38.0. The van der Waals surface area contributed by atoms with E-state index < -0.39 is 11.8 Å². The van der Waals surface area contributed by atoms with E-state index in [1.165, 1.54) is 0 Å². The number of hydrogen-bond donors (Lipinski definition) is 1. The van der Waals surface area contributed by atoms with Crippen LogP contribution in [0.15, 0.2) is 11.3 Å². The SMILES string of the molecule is CCC[C@@H](C1=C(O)CC(C)(C)CC1=O)C1C(=O)CC(C)(C)CC1=O. The predicted molar refractivity (Wildman–Crippen MR) is 92.6 cm³/mol. The van der Waals surface area contributed by atoms with Crippen molar-refractivity contribution in [2.45, 2.75) is 73.1 Å². The molecule has 2 aliphatic rings. The van der Waals surface area contributed by atoms with Gasteiger partial charge in [-0.1, -0.05) is 41.0 Å². The first-order valence-corrected chi connectivity index (χ1v) is 8.98. The van der Waals surface area contributed by atoms with E-state index >= 15 is 0 Å². The molecule has 0 radical (unpaired) electrons. The van der Waals surface area contributed by atoms with Crippen LogP contribution in [0.5, 0.6) is 0 Å². The minimum Gasteiger partial charge on any atom is -0.512 e. The number of rotatable bonds is 4. The zero-order valence-corrected chi connectivity index (χ0v) is 15.6. The van der Waals surface area contributed by atoms with E-state index in [-0.39, 0.29) is 33.9 Å². The van der Waals surface area contributed by atoms with Gasteiger partial charge >= 0.3 is 0 Å². The summed E-state index contributed by atoms with van der Waals surface area (Å²) in [5.41, 5.74) is -0.233. The van der Waals surface area contributed by atoms with Gasteiger partial charge in [0.2, 0.25) is 0 Å². The Morgan fingerprint density at radius 2 is 1.46 bits per heavy atom. The quantitative estimate of drug-likeness (QED) is 0.783. The number of aliphatic hydroxyl groups excluding tert-OH is 1. The van der Waals surface area contributed by atoms with Crippen molar-refractivity contribution >= 4 is 17.3 Å². The maximum atomic E-state index is 12.7. The van der Waals surface area contributed by atoms with Gasteiger partial charge in [-0.2, -0.15) is 0 Å². The van der Waals surface area contributed by atoms with Crippen molar-refractivity contribution < 1.29 is 19.5 Å². The molecule has 4 heteroatoms. The third-order valence-electron chi connectivity index (χ3n) is 5.27. The first-order valence-electron chi connectivity index (χ1n) is 8.98. The summed E-state index contributed by atoms with van der Waals surface area (Å²) < 4.78 is 0. The van der Waals surface area contributed by atoms with Crippen molar-refractivity contribution in [3.8, 4) is 0 Å². The van der Waals surface area contributed by atoms with Gasteiger partial charge in [0.05, 0.1) is 11.7 Å². The van der Waals surface area contributed by atoms with Crippen LogP contribution in [0.25, 0.3) is 0 Å². The standard InChI is InChI=1S/C20H30O4/c1-6-7-12(17-13(21)8-19(2,3)9-14(17)22)18-15(23)10-20(4,5)11-16(18)24/h12,17,23H,6-11H2,1-5H3/t12-/m1/s1. The fourth-order valence-electron chi connectivity index (χ4n) is 4.37. The Morgan fingerprint density at radius 1 is 0.958 bits per heavy atom. The maximum absolute atomic E-state index is 12.7. The lowest BCUT2D eigenvalue weighted by atomic mass is 9.63. The van der Waals surface area contributed by atoms with Crippen molar-refractivity contribution in [2.75, 3.05) is 0 Å². The van der Waals surface area contributed by atoms with E-state index in [2.05, 4.69) is 0 Å². The van der Waals surface area contributed by atoms with Gasteiger partial charge in [-0.25, -0.2) is 0 Å². The maximum Gasteiger partial charge on any atom is 0.163 e. The Balaban J connectivity index is 2.41. The van der Waals surface area contributed by atoms with E-state index in [1.54, 1.807) is 0 Å². The third-order valence-corrected chi connectivity index (χ3v) is 5.27. The highest BCUT2D eigenvalue weighted by atomic mass is 16.3. The molecule has 0 unspecified atom stereocenters. The summed E-state index contributed by atoms with van der Waals surface area (Å²) in [6.07, 6.45) is 2.84. The highest BCUT2D eigenvalue weighted by Gasteiger charge is 2.47. The molecule has 0 spiro atoms. The number of allylic oxidation sites excluding steroid dienone is 2. The second-order valence-electron chi connectivity index (χ2n) is 9.12. The van der Waals surface area contributed by atoms with Crippen LogP contribution in [0, 0.1) is 22.7 Å². The van der Waals surface area contributed by atoms with Crippen LogP contribution in [0.4, 0.5) is 0 Å². The van der Waals surface area contributed by atoms with Crippen LogP contribution >= 0.6 is 0 Å². The van der Waals surface area contributed by atoms with Crippen molar-refractivity contribution in [1.29, 1.82) is 0 Å². The smallest absolute Gasteiger partial charge is 0.163 e. The molecule has 0 aromatic rings. The van der Waals surface area contributed by atoms with Crippen molar-refractivity contribution in [2.24, 2.45) is 22.7 Å². The zero-order chi connectivity index (χ0) is 18.3. The van der Waals surface area contributed by atoms with Crippen LogP contribution in [0.1, 0.15) is 73.1 Å². The number of hydrogen-bond acceptors (Lipinski definition) is 4. The van der Waals surface area contributed by atoms with E-state index in [9.17, 15) is 19.5 Å². The molecular weight excluding hydrogens is 304 g/mol. The summed E-state index contributed by atoms with van der Waals surface area (Å²) in [6.45, 7) is 9.74. The van der Waals surface area contributed by atoms with E-state index in [1.807, 2.05) is 34.6 Å². The van der Waals surface area contributed by atoms with Gasteiger partial charge in [-0.15, -0.1) is 0 Å². The molecule has 0 aromatic carbocycles. The number of ketones is 3. The highest BCUT2D eigenvalue weighted by Crippen LogP contribution is 2.44. The monoisotopic (exact) mass is 334 g/mol. The van der Waals surface area contributed by atoms with Crippen LogP contribution in [0.2, 0.25) is 0 Å². The summed E-state index contributed by atoms with van der Waals surface area (Å²) in [6, 6.07) is 0. The van der Waals surface area contributed by atoms with Crippen LogP contribution in [0.3, 0.4) is 0 Å². The highest BCUT2D eigenvalue weighted by molar-refractivity contribution is 6.08. The lowest BCUT2D eigenvalue weighted by Gasteiger charge is -2.38. The predicted octanol–water partition coefficient (Wildman–Crippen LogP) is 4.18. The fourth-order valence-corrected chi connectivity index (χ4v) is 4.37. The molecule has 1 N–H and O–H groups in total. The molecule has 0 bridgehead atoms. The molecule has 1 fully saturated rings. The van der Waals surface area contributed by atoms with Gasteiger partial charge in [0.25, 0.3) is 0 Å². The van der Waals surface area contributed by atoms with Crippen LogP contribution in [-0.2, 0) is 14.4 Å². The Kier molecular flexibility index (Phi) is 5.08. The normalized spacial score (nSPS) is 26.0. The second-order valence-corrected chi connectivity index (χ2v) is 9.12. The molecule has 24 heavy (non-hydrogen) atoms. The minimum absolute atomic E-state index is 0.0763. The van der Waals surface area contributed by atoms with Crippen LogP contribution in [-0.4, -0.2) is 22.5 Å². The lowest BCUT2D eigenvalue weighted by Crippen LogP contribution is -2.44. The Hall–Kier alpha value is -1.45. The minimum atomic E-state index is -0.764. The van der Waals surface area contributed by atoms with E-state index in [0.29, 0.717) is 37.7 Å². The third kappa shape index (κ3) is 3.79. The fraction of sp³-hybridized carbons (Fsp3) is 0.750. The van der Waals surface area contributed by atoms with Gasteiger partial charge in [0, 0.05) is 37.2 Å². The molecule has 0 amide bonds. The molecule has 1 saturated carbocycles. The number of aliphatic hydroxyl groups is 1. The molecular formula is C20H30O4. The van der Waals surface area contributed by atoms with Gasteiger partial charge in [-0.05, 0) is 17.3 Å². The molecule has 0 saturated heterocycles. The first-order chi connectivity index (χ1) is 11.0. The summed E-state index contributed by atoms with van der Waals surface area (Å²) in [7, 11) is 0. The molecule has 4 nitrogen and oxygen atoms in total. The van der Waals surface area contributed by atoms with Crippen molar-refractivity contribution in [1.82, 2.24) is 0 Å². The number of carbonyl (C=O) groups excluding carboxylic acids is 3. The van der Waals surface area contributed by atoms with Gasteiger partial charge < -0.3 is 5.11 Å². The number of carbonyl (C=O) groups is 3. The summed E-state index contributed by atoms with van der Waals surface area (Å²) in [5.74, 6) is -1.40. The van der Waals surface area contributed by atoms with Crippen molar-refractivity contribution in [3.05, 3.63) is 11.3 Å². The molecule has 1 atom stereocenters. The molecule has 2 rings (SSSR count). The zero-order valence-electron chi connectivity index (χ0n) is 15.6. The van der Waals surface area contributed by atoms with Crippen LogP contribution < -0.4 is 0 Å². The van der Waals surface area contributed by atoms with Gasteiger partial charge in [-0.3, -0.25) is 14.4 Å². The number of Topliss-reactive ketones (excluding diaryl/α,β-unsaturated/α-hetero) is 3. The van der Waals surface area contributed by atoms with Gasteiger partial charge in [0.15, 0.2) is 5.78 Å².